The molecule has 1 aliphatic heterocycles. The van der Waals surface area contributed by atoms with Gasteiger partial charge in [0.1, 0.15) is 5.78 Å². The highest BCUT2D eigenvalue weighted by Gasteiger charge is 2.31. The van der Waals surface area contributed by atoms with Crippen molar-refractivity contribution in [2.45, 2.75) is 31.6 Å². The van der Waals surface area contributed by atoms with Crippen LogP contribution in [-0.2, 0) is 11.2 Å². The Kier molecular flexibility index (Phi) is 2.93. The van der Waals surface area contributed by atoms with Crippen LogP contribution < -0.4 is 5.32 Å². The van der Waals surface area contributed by atoms with Gasteiger partial charge < -0.3 is 5.32 Å². The van der Waals surface area contributed by atoms with Crippen LogP contribution in [0, 0.1) is 5.92 Å². The number of carbonyl (C=O) groups excluding carboxylic acids is 1. The Hall–Kier alpha value is -1.22. The first-order chi connectivity index (χ1) is 8.34. The van der Waals surface area contributed by atoms with Crippen LogP contribution in [0.1, 0.15) is 36.4 Å². The topological polar surface area (TPSA) is 42.0 Å². The Labute approximate surface area is 102 Å². The molecule has 2 aliphatic rings. The first kappa shape index (κ1) is 10.9. The molecule has 3 nitrogen and oxygen atoms in total. The molecule has 2 atom stereocenters. The third-order valence-electron chi connectivity index (χ3n) is 4.00. The van der Waals surface area contributed by atoms with E-state index in [2.05, 4.69) is 16.4 Å². The lowest BCUT2D eigenvalue weighted by Crippen LogP contribution is -2.17. The van der Waals surface area contributed by atoms with Gasteiger partial charge in [-0.15, -0.1) is 0 Å². The van der Waals surface area contributed by atoms with Crippen molar-refractivity contribution in [3.05, 3.63) is 29.6 Å². The summed E-state index contributed by atoms with van der Waals surface area (Å²) < 4.78 is 0. The van der Waals surface area contributed by atoms with Crippen molar-refractivity contribution in [2.24, 2.45) is 5.92 Å². The van der Waals surface area contributed by atoms with Gasteiger partial charge in [0.05, 0.1) is 11.6 Å². The largest absolute Gasteiger partial charge is 0.316 e. The molecule has 1 aliphatic carbocycles. The second-order valence-electron chi connectivity index (χ2n) is 5.17. The molecule has 3 heteroatoms. The van der Waals surface area contributed by atoms with Crippen LogP contribution in [0.15, 0.2) is 18.3 Å². The van der Waals surface area contributed by atoms with Gasteiger partial charge in [0.15, 0.2) is 0 Å². The fraction of sp³-hybridized carbons (Fsp3) is 0.571. The Morgan fingerprint density at radius 1 is 1.47 bits per heavy atom. The Morgan fingerprint density at radius 2 is 2.41 bits per heavy atom. The zero-order valence-corrected chi connectivity index (χ0v) is 9.98. The average Bonchev–Trinajstić information content (AvgIpc) is 2.96. The number of nitrogens with one attached hydrogen (secondary N) is 1. The number of nitrogens with zero attached hydrogens (tertiary/aromatic N) is 1. The predicted octanol–water partition coefficient (Wildman–Crippen LogP) is 1.68. The summed E-state index contributed by atoms with van der Waals surface area (Å²) in [5, 5.41) is 3.32. The van der Waals surface area contributed by atoms with Gasteiger partial charge in [-0.05, 0) is 49.9 Å². The van der Waals surface area contributed by atoms with E-state index in [0.717, 1.165) is 44.5 Å². The lowest BCUT2D eigenvalue weighted by Gasteiger charge is -2.12. The van der Waals surface area contributed by atoms with E-state index in [-0.39, 0.29) is 5.92 Å². The minimum Gasteiger partial charge on any atom is -0.316 e. The summed E-state index contributed by atoms with van der Waals surface area (Å²) in [6, 6.07) is 4.07. The number of aryl methyl sites for hydroxylation is 1. The number of carbonyl (C=O) groups is 1. The van der Waals surface area contributed by atoms with Crippen LogP contribution in [-0.4, -0.2) is 23.9 Å². The van der Waals surface area contributed by atoms with Gasteiger partial charge in [-0.3, -0.25) is 9.78 Å². The maximum absolute atomic E-state index is 12.3. The average molecular weight is 230 g/mol. The number of Topliss-reactive ketones (excluding diaryl/α,β-unsaturated/α-hetero) is 1. The van der Waals surface area contributed by atoms with Crippen molar-refractivity contribution in [3.63, 3.8) is 0 Å². The van der Waals surface area contributed by atoms with E-state index in [0.29, 0.717) is 11.7 Å². The summed E-state index contributed by atoms with van der Waals surface area (Å²) in [5.74, 6) is 1.03. The third-order valence-corrected chi connectivity index (χ3v) is 4.00. The fourth-order valence-electron chi connectivity index (χ4n) is 3.04. The zero-order valence-electron chi connectivity index (χ0n) is 9.98. The number of ketones is 1. The SMILES string of the molecule is O=C(CC1CCNC1)C1CCc2cccnc21. The standard InChI is InChI=1S/C14H18N2O/c17-13(8-10-5-7-15-9-10)12-4-3-11-2-1-6-16-14(11)12/h1-2,6,10,12,15H,3-5,7-9H2. The molecule has 0 bridgehead atoms. The Morgan fingerprint density at radius 3 is 3.24 bits per heavy atom. The van der Waals surface area contributed by atoms with Crippen molar-refractivity contribution in [1.29, 1.82) is 0 Å². The number of pyridine rings is 1. The smallest absolute Gasteiger partial charge is 0.142 e. The molecule has 1 saturated heterocycles. The summed E-state index contributed by atoms with van der Waals surface area (Å²) >= 11 is 0. The van der Waals surface area contributed by atoms with E-state index >= 15 is 0 Å². The molecule has 0 aromatic carbocycles. The molecular weight excluding hydrogens is 212 g/mol. The first-order valence-corrected chi connectivity index (χ1v) is 6.52. The van der Waals surface area contributed by atoms with Crippen molar-refractivity contribution in [2.75, 3.05) is 13.1 Å². The molecule has 2 unspecified atom stereocenters. The van der Waals surface area contributed by atoms with Gasteiger partial charge in [0.2, 0.25) is 0 Å². The molecule has 0 radical (unpaired) electrons. The maximum atomic E-state index is 12.3. The van der Waals surface area contributed by atoms with Crippen LogP contribution in [0.3, 0.4) is 0 Å². The monoisotopic (exact) mass is 230 g/mol. The van der Waals surface area contributed by atoms with Gasteiger partial charge in [-0.1, -0.05) is 6.07 Å². The Bertz CT molecular complexity index is 424. The van der Waals surface area contributed by atoms with E-state index in [1.807, 2.05) is 12.3 Å². The number of hydrogen-bond acceptors (Lipinski definition) is 3. The van der Waals surface area contributed by atoms with Gasteiger partial charge in [-0.2, -0.15) is 0 Å². The van der Waals surface area contributed by atoms with Crippen LogP contribution in [0.2, 0.25) is 0 Å². The van der Waals surface area contributed by atoms with Crippen LogP contribution in [0.25, 0.3) is 0 Å². The number of rotatable bonds is 3. The lowest BCUT2D eigenvalue weighted by atomic mass is 9.92. The Balaban J connectivity index is 1.71. The molecule has 90 valence electrons. The minimum atomic E-state index is 0.0757. The summed E-state index contributed by atoms with van der Waals surface area (Å²) in [6.07, 6.45) is 5.66. The van der Waals surface area contributed by atoms with E-state index in [1.165, 1.54) is 5.56 Å². The van der Waals surface area contributed by atoms with E-state index < -0.39 is 0 Å². The van der Waals surface area contributed by atoms with Crippen molar-refractivity contribution >= 4 is 5.78 Å². The van der Waals surface area contributed by atoms with Gasteiger partial charge in [0, 0.05) is 12.6 Å². The lowest BCUT2D eigenvalue weighted by molar-refractivity contribution is -0.121. The van der Waals surface area contributed by atoms with E-state index in [9.17, 15) is 4.79 Å². The summed E-state index contributed by atoms with van der Waals surface area (Å²) in [4.78, 5) is 16.7. The van der Waals surface area contributed by atoms with Gasteiger partial charge in [-0.25, -0.2) is 0 Å². The van der Waals surface area contributed by atoms with Crippen molar-refractivity contribution in [3.8, 4) is 0 Å². The number of fused-ring (bicyclic) bond motifs is 1. The molecular formula is C14H18N2O. The van der Waals surface area contributed by atoms with Gasteiger partial charge >= 0.3 is 0 Å². The molecule has 0 spiro atoms. The fourth-order valence-corrected chi connectivity index (χ4v) is 3.04. The zero-order chi connectivity index (χ0) is 11.7. The molecule has 1 aromatic heterocycles. The molecule has 0 saturated carbocycles. The normalized spacial score (nSPS) is 27.1. The minimum absolute atomic E-state index is 0.0757. The van der Waals surface area contributed by atoms with Crippen LogP contribution >= 0.6 is 0 Å². The molecule has 1 fully saturated rings. The van der Waals surface area contributed by atoms with Crippen LogP contribution in [0.5, 0.6) is 0 Å². The second-order valence-corrected chi connectivity index (χ2v) is 5.17. The highest BCUT2D eigenvalue weighted by molar-refractivity contribution is 5.86. The highest BCUT2D eigenvalue weighted by atomic mass is 16.1. The molecule has 1 N–H and O–H groups in total. The van der Waals surface area contributed by atoms with E-state index in [4.69, 9.17) is 0 Å². The first-order valence-electron chi connectivity index (χ1n) is 6.52. The molecule has 0 amide bonds. The predicted molar refractivity (Wildman–Crippen MR) is 65.9 cm³/mol. The molecule has 3 rings (SSSR count). The third kappa shape index (κ3) is 2.12. The molecule has 17 heavy (non-hydrogen) atoms. The summed E-state index contributed by atoms with van der Waals surface area (Å²) in [5.41, 5.74) is 2.32. The van der Waals surface area contributed by atoms with Crippen molar-refractivity contribution in [1.82, 2.24) is 10.3 Å². The maximum Gasteiger partial charge on any atom is 0.142 e. The van der Waals surface area contributed by atoms with Crippen LogP contribution in [0.4, 0.5) is 0 Å². The molecule has 2 heterocycles. The van der Waals surface area contributed by atoms with Crippen molar-refractivity contribution < 1.29 is 4.79 Å². The second kappa shape index (κ2) is 4.57. The molecule has 1 aromatic rings. The van der Waals surface area contributed by atoms with Gasteiger partial charge in [0.25, 0.3) is 0 Å². The highest BCUT2D eigenvalue weighted by Crippen LogP contribution is 2.33. The quantitative estimate of drug-likeness (QED) is 0.859. The summed E-state index contributed by atoms with van der Waals surface area (Å²) in [6.45, 7) is 2.07. The summed E-state index contributed by atoms with van der Waals surface area (Å²) in [7, 11) is 0. The van der Waals surface area contributed by atoms with E-state index in [1.54, 1.807) is 0 Å². The number of aromatic nitrogens is 1. The number of hydrogen-bond donors (Lipinski definition) is 1.